The summed E-state index contributed by atoms with van der Waals surface area (Å²) in [5.41, 5.74) is 3.01. The number of hydrogen-bond acceptors (Lipinski definition) is 4. The van der Waals surface area contributed by atoms with E-state index in [0.717, 1.165) is 24.3 Å². The summed E-state index contributed by atoms with van der Waals surface area (Å²) in [4.78, 5) is 11.4. The first kappa shape index (κ1) is 20.6. The van der Waals surface area contributed by atoms with Crippen molar-refractivity contribution in [3.8, 4) is 5.75 Å². The van der Waals surface area contributed by atoms with Gasteiger partial charge in [-0.1, -0.05) is 17.7 Å². The van der Waals surface area contributed by atoms with Crippen LogP contribution in [0.4, 0.5) is 17.6 Å². The van der Waals surface area contributed by atoms with Crippen LogP contribution in [0.25, 0.3) is 17.0 Å². The molecule has 0 atom stereocenters. The molecule has 2 aromatic carbocycles. The standard InChI is InChI=1S/C18H13ClF4N4O2/c19-14-7-11(20)2-1-10(14)9-27-16-8-12(29-18(21,22)23)3-4-13(16)15(26-27)5-6-17(28)25-24/h1-8H,9,24H2,(H,25,28). The molecule has 11 heteroatoms. The van der Waals surface area contributed by atoms with Crippen molar-refractivity contribution in [1.82, 2.24) is 15.2 Å². The minimum absolute atomic E-state index is 0.0437. The van der Waals surface area contributed by atoms with E-state index in [-0.39, 0.29) is 11.6 Å². The normalized spacial score (nSPS) is 11.9. The summed E-state index contributed by atoms with van der Waals surface area (Å²) in [6.45, 7) is 0.0437. The summed E-state index contributed by atoms with van der Waals surface area (Å²) in [6.07, 6.45) is -2.38. The molecule has 0 aliphatic carbocycles. The third-order valence-corrected chi connectivity index (χ3v) is 4.21. The Balaban J connectivity index is 2.08. The number of hydrazine groups is 1. The summed E-state index contributed by atoms with van der Waals surface area (Å²) in [7, 11) is 0. The third-order valence-electron chi connectivity index (χ3n) is 3.86. The van der Waals surface area contributed by atoms with Crippen molar-refractivity contribution in [2.24, 2.45) is 5.84 Å². The predicted octanol–water partition coefficient (Wildman–Crippen LogP) is 3.78. The number of halogens is 5. The second kappa shape index (κ2) is 8.10. The lowest BCUT2D eigenvalue weighted by Crippen LogP contribution is -2.27. The molecule has 1 aromatic heterocycles. The van der Waals surface area contributed by atoms with Crippen LogP contribution in [-0.2, 0) is 11.3 Å². The minimum Gasteiger partial charge on any atom is -0.406 e. The van der Waals surface area contributed by atoms with Crippen molar-refractivity contribution in [3.63, 3.8) is 0 Å². The van der Waals surface area contributed by atoms with E-state index in [0.29, 0.717) is 22.2 Å². The largest absolute Gasteiger partial charge is 0.573 e. The van der Waals surface area contributed by atoms with Gasteiger partial charge in [0.2, 0.25) is 0 Å². The Morgan fingerprint density at radius 2 is 2.03 bits per heavy atom. The molecule has 0 radical (unpaired) electrons. The summed E-state index contributed by atoms with van der Waals surface area (Å²) >= 11 is 6.04. The van der Waals surface area contributed by atoms with Gasteiger partial charge in [-0.3, -0.25) is 14.9 Å². The van der Waals surface area contributed by atoms with E-state index in [9.17, 15) is 22.4 Å². The van der Waals surface area contributed by atoms with E-state index in [1.165, 1.54) is 29.0 Å². The zero-order valence-corrected chi connectivity index (χ0v) is 15.3. The summed E-state index contributed by atoms with van der Waals surface area (Å²) in [5.74, 6) is 3.46. The number of rotatable bonds is 5. The Kier molecular flexibility index (Phi) is 5.76. The highest BCUT2D eigenvalue weighted by atomic mass is 35.5. The fourth-order valence-electron chi connectivity index (χ4n) is 2.63. The first-order valence-corrected chi connectivity index (χ1v) is 8.43. The Morgan fingerprint density at radius 3 is 2.69 bits per heavy atom. The molecule has 0 aliphatic heterocycles. The topological polar surface area (TPSA) is 82.2 Å². The van der Waals surface area contributed by atoms with E-state index in [1.54, 1.807) is 0 Å². The van der Waals surface area contributed by atoms with Crippen LogP contribution in [0.2, 0.25) is 5.02 Å². The average Bonchev–Trinajstić information content (AvgIpc) is 2.97. The van der Waals surface area contributed by atoms with E-state index in [1.807, 2.05) is 5.43 Å². The molecule has 0 unspecified atom stereocenters. The van der Waals surface area contributed by atoms with Crippen molar-refractivity contribution >= 4 is 34.5 Å². The molecule has 152 valence electrons. The molecule has 1 heterocycles. The first-order valence-electron chi connectivity index (χ1n) is 8.05. The smallest absolute Gasteiger partial charge is 0.406 e. The lowest BCUT2D eigenvalue weighted by atomic mass is 10.2. The van der Waals surface area contributed by atoms with Gasteiger partial charge < -0.3 is 4.74 Å². The number of nitrogens with one attached hydrogen (secondary N) is 1. The maximum atomic E-state index is 13.3. The molecular formula is C18H13ClF4N4O2. The number of aromatic nitrogens is 2. The van der Waals surface area contributed by atoms with Gasteiger partial charge in [-0.25, -0.2) is 10.2 Å². The van der Waals surface area contributed by atoms with Gasteiger partial charge in [-0.05, 0) is 35.9 Å². The highest BCUT2D eigenvalue weighted by molar-refractivity contribution is 6.31. The number of hydrogen-bond donors (Lipinski definition) is 2. The van der Waals surface area contributed by atoms with Gasteiger partial charge in [-0.15, -0.1) is 13.2 Å². The molecule has 0 saturated heterocycles. The monoisotopic (exact) mass is 428 g/mol. The Morgan fingerprint density at radius 1 is 1.28 bits per heavy atom. The Bertz CT molecular complexity index is 1100. The van der Waals surface area contributed by atoms with Gasteiger partial charge >= 0.3 is 6.36 Å². The van der Waals surface area contributed by atoms with Crippen LogP contribution in [0.15, 0.2) is 42.5 Å². The first-order chi connectivity index (χ1) is 13.7. The number of nitrogens with zero attached hydrogens (tertiary/aromatic N) is 2. The minimum atomic E-state index is -4.86. The zero-order chi connectivity index (χ0) is 21.2. The van der Waals surface area contributed by atoms with E-state index < -0.39 is 23.8 Å². The maximum Gasteiger partial charge on any atom is 0.573 e. The second-order valence-corrected chi connectivity index (χ2v) is 6.25. The predicted molar refractivity (Wildman–Crippen MR) is 98.3 cm³/mol. The number of benzene rings is 2. The number of carbonyl (C=O) groups excluding carboxylic acids is 1. The van der Waals surface area contributed by atoms with Gasteiger partial charge in [0.15, 0.2) is 0 Å². The third kappa shape index (κ3) is 5.04. The van der Waals surface area contributed by atoms with Crippen molar-refractivity contribution in [1.29, 1.82) is 0 Å². The van der Waals surface area contributed by atoms with Crippen molar-refractivity contribution in [2.75, 3.05) is 0 Å². The molecule has 3 N–H and O–H groups in total. The maximum absolute atomic E-state index is 13.3. The van der Waals surface area contributed by atoms with E-state index >= 15 is 0 Å². The molecule has 0 spiro atoms. The van der Waals surface area contributed by atoms with Crippen molar-refractivity contribution < 1.29 is 27.1 Å². The summed E-state index contributed by atoms with van der Waals surface area (Å²) in [5, 5.41) is 4.90. The van der Waals surface area contributed by atoms with Crippen LogP contribution >= 0.6 is 11.6 Å². The zero-order valence-electron chi connectivity index (χ0n) is 14.5. The highest BCUT2D eigenvalue weighted by Crippen LogP contribution is 2.29. The molecule has 0 saturated carbocycles. The number of ether oxygens (including phenoxy) is 1. The number of fused-ring (bicyclic) bond motifs is 1. The molecular weight excluding hydrogens is 416 g/mol. The van der Waals surface area contributed by atoms with Crippen LogP contribution in [0.5, 0.6) is 5.75 Å². The molecule has 29 heavy (non-hydrogen) atoms. The number of alkyl halides is 3. The molecule has 0 aliphatic rings. The Labute approximate surface area is 166 Å². The summed E-state index contributed by atoms with van der Waals surface area (Å²) < 4.78 is 56.3. The lowest BCUT2D eigenvalue weighted by molar-refractivity contribution is -0.274. The molecule has 0 fully saturated rings. The average molecular weight is 429 g/mol. The van der Waals surface area contributed by atoms with E-state index in [4.69, 9.17) is 17.4 Å². The van der Waals surface area contributed by atoms with Gasteiger partial charge in [0.25, 0.3) is 5.91 Å². The fourth-order valence-corrected chi connectivity index (χ4v) is 2.86. The SMILES string of the molecule is NNC(=O)C=Cc1nn(Cc2ccc(F)cc2Cl)c2cc(OC(F)(F)F)ccc12. The molecule has 1 amide bonds. The second-order valence-electron chi connectivity index (χ2n) is 5.85. The van der Waals surface area contributed by atoms with Crippen molar-refractivity contribution in [3.05, 3.63) is 64.6 Å². The van der Waals surface area contributed by atoms with Gasteiger partial charge in [0, 0.05) is 22.6 Å². The molecule has 0 bridgehead atoms. The van der Waals surface area contributed by atoms with Crippen molar-refractivity contribution in [2.45, 2.75) is 12.9 Å². The van der Waals surface area contributed by atoms with Crippen LogP contribution < -0.4 is 16.0 Å². The fraction of sp³-hybridized carbons (Fsp3) is 0.111. The lowest BCUT2D eigenvalue weighted by Gasteiger charge is -2.10. The van der Waals surface area contributed by atoms with Gasteiger partial charge in [0.1, 0.15) is 11.6 Å². The quantitative estimate of drug-likeness (QED) is 0.213. The van der Waals surface area contributed by atoms with Crippen LogP contribution in [0, 0.1) is 5.82 Å². The number of carbonyl (C=O) groups is 1. The van der Waals surface area contributed by atoms with Gasteiger partial charge in [0.05, 0.1) is 17.8 Å². The highest BCUT2D eigenvalue weighted by Gasteiger charge is 2.31. The van der Waals surface area contributed by atoms with Crippen LogP contribution in [0.3, 0.4) is 0 Å². The van der Waals surface area contributed by atoms with E-state index in [2.05, 4.69) is 9.84 Å². The number of nitrogens with two attached hydrogens (primary N) is 1. The molecule has 3 rings (SSSR count). The number of amides is 1. The van der Waals surface area contributed by atoms with Crippen LogP contribution in [-0.4, -0.2) is 22.1 Å². The summed E-state index contributed by atoms with van der Waals surface area (Å²) in [6, 6.07) is 7.44. The van der Waals surface area contributed by atoms with Crippen LogP contribution in [0.1, 0.15) is 11.3 Å². The molecule has 6 nitrogen and oxygen atoms in total. The Hall–Kier alpha value is -3.11. The van der Waals surface area contributed by atoms with Gasteiger partial charge in [-0.2, -0.15) is 5.10 Å². The molecule has 3 aromatic rings.